The van der Waals surface area contributed by atoms with Crippen molar-refractivity contribution >= 4 is 11.4 Å². The summed E-state index contributed by atoms with van der Waals surface area (Å²) in [6.45, 7) is 6.81. The van der Waals surface area contributed by atoms with Gasteiger partial charge in [-0.2, -0.15) is 0 Å². The van der Waals surface area contributed by atoms with E-state index >= 15 is 0 Å². The third-order valence-electron chi connectivity index (χ3n) is 2.30. The lowest BCUT2D eigenvalue weighted by Gasteiger charge is -2.27. The van der Waals surface area contributed by atoms with Crippen molar-refractivity contribution in [2.75, 3.05) is 24.8 Å². The van der Waals surface area contributed by atoms with Gasteiger partial charge < -0.3 is 15.8 Å². The average Bonchev–Trinajstić information content (AvgIpc) is 2.12. The standard InChI is InChI=1S/C12H20N2O/c1-9-6-5-7-10(11(9)13)14-12(2,3)8-15-4/h5-7,14H,8,13H2,1-4H3. The molecule has 0 fully saturated rings. The van der Waals surface area contributed by atoms with Crippen LogP contribution in [0.4, 0.5) is 11.4 Å². The number of nitrogens with one attached hydrogen (secondary N) is 1. The van der Waals surface area contributed by atoms with Crippen molar-refractivity contribution in [3.8, 4) is 0 Å². The van der Waals surface area contributed by atoms with Crippen molar-refractivity contribution in [2.45, 2.75) is 26.3 Å². The molecule has 0 aromatic heterocycles. The highest BCUT2D eigenvalue weighted by molar-refractivity contribution is 5.70. The van der Waals surface area contributed by atoms with Crippen LogP contribution in [0.5, 0.6) is 0 Å². The molecule has 0 saturated carbocycles. The Morgan fingerprint density at radius 3 is 2.67 bits per heavy atom. The molecule has 3 nitrogen and oxygen atoms in total. The highest BCUT2D eigenvalue weighted by Crippen LogP contribution is 2.25. The van der Waals surface area contributed by atoms with Crippen molar-refractivity contribution in [2.24, 2.45) is 0 Å². The normalized spacial score (nSPS) is 11.5. The first-order valence-corrected chi connectivity index (χ1v) is 5.08. The minimum Gasteiger partial charge on any atom is -0.397 e. The number of anilines is 2. The Labute approximate surface area is 91.6 Å². The zero-order valence-corrected chi connectivity index (χ0v) is 9.92. The largest absolute Gasteiger partial charge is 0.397 e. The summed E-state index contributed by atoms with van der Waals surface area (Å²) in [7, 11) is 1.70. The fourth-order valence-corrected chi connectivity index (χ4v) is 1.55. The molecule has 1 rings (SSSR count). The summed E-state index contributed by atoms with van der Waals surface area (Å²) in [4.78, 5) is 0. The van der Waals surface area contributed by atoms with Gasteiger partial charge in [-0.1, -0.05) is 12.1 Å². The molecule has 0 spiro atoms. The zero-order chi connectivity index (χ0) is 11.5. The Morgan fingerprint density at radius 1 is 1.40 bits per heavy atom. The maximum Gasteiger partial charge on any atom is 0.0687 e. The van der Waals surface area contributed by atoms with Crippen LogP contribution in [0.25, 0.3) is 0 Å². The van der Waals surface area contributed by atoms with Crippen LogP contribution in [0.2, 0.25) is 0 Å². The highest BCUT2D eigenvalue weighted by atomic mass is 16.5. The van der Waals surface area contributed by atoms with Crippen LogP contribution in [0, 0.1) is 6.92 Å². The van der Waals surface area contributed by atoms with Crippen molar-refractivity contribution in [3.05, 3.63) is 23.8 Å². The lowest BCUT2D eigenvalue weighted by Crippen LogP contribution is -2.36. The van der Waals surface area contributed by atoms with Gasteiger partial charge in [0, 0.05) is 7.11 Å². The summed E-state index contributed by atoms with van der Waals surface area (Å²) >= 11 is 0. The molecule has 0 amide bonds. The Balaban J connectivity index is 2.85. The second-order valence-electron chi connectivity index (χ2n) is 4.48. The number of nitrogen functional groups attached to an aromatic ring is 1. The van der Waals surface area contributed by atoms with E-state index in [0.29, 0.717) is 6.61 Å². The molecule has 0 aliphatic heterocycles. The van der Waals surface area contributed by atoms with Crippen LogP contribution in [0.15, 0.2) is 18.2 Å². The number of aryl methyl sites for hydroxylation is 1. The van der Waals surface area contributed by atoms with Crippen molar-refractivity contribution in [3.63, 3.8) is 0 Å². The summed E-state index contributed by atoms with van der Waals surface area (Å²) in [5.74, 6) is 0. The van der Waals surface area contributed by atoms with Gasteiger partial charge in [0.15, 0.2) is 0 Å². The number of methoxy groups -OCH3 is 1. The maximum absolute atomic E-state index is 5.98. The van der Waals surface area contributed by atoms with Crippen molar-refractivity contribution in [1.82, 2.24) is 0 Å². The van der Waals surface area contributed by atoms with E-state index in [1.54, 1.807) is 7.11 Å². The summed E-state index contributed by atoms with van der Waals surface area (Å²) in [5.41, 5.74) is 8.74. The van der Waals surface area contributed by atoms with Gasteiger partial charge in [-0.15, -0.1) is 0 Å². The first kappa shape index (κ1) is 11.9. The Kier molecular flexibility index (Phi) is 3.58. The predicted octanol–water partition coefficient (Wildman–Crippen LogP) is 2.41. The summed E-state index contributed by atoms with van der Waals surface area (Å²) < 4.78 is 5.15. The molecule has 15 heavy (non-hydrogen) atoms. The van der Waals surface area contributed by atoms with E-state index < -0.39 is 0 Å². The van der Waals surface area contributed by atoms with Gasteiger partial charge in [-0.3, -0.25) is 0 Å². The van der Waals surface area contributed by atoms with E-state index in [2.05, 4.69) is 19.2 Å². The monoisotopic (exact) mass is 208 g/mol. The molecule has 1 aromatic rings. The van der Waals surface area contributed by atoms with Gasteiger partial charge in [0.2, 0.25) is 0 Å². The van der Waals surface area contributed by atoms with E-state index in [1.165, 1.54) is 0 Å². The number of rotatable bonds is 4. The zero-order valence-electron chi connectivity index (χ0n) is 9.92. The molecule has 0 aliphatic rings. The van der Waals surface area contributed by atoms with Gasteiger partial charge in [-0.25, -0.2) is 0 Å². The number of ether oxygens (including phenoxy) is 1. The quantitative estimate of drug-likeness (QED) is 0.747. The van der Waals surface area contributed by atoms with Crippen LogP contribution >= 0.6 is 0 Å². The van der Waals surface area contributed by atoms with Crippen LogP contribution in [0.3, 0.4) is 0 Å². The van der Waals surface area contributed by atoms with Gasteiger partial charge >= 0.3 is 0 Å². The summed E-state index contributed by atoms with van der Waals surface area (Å²) in [5, 5.41) is 3.38. The van der Waals surface area contributed by atoms with Gasteiger partial charge in [0.05, 0.1) is 23.5 Å². The van der Waals surface area contributed by atoms with Crippen LogP contribution in [-0.2, 0) is 4.74 Å². The van der Waals surface area contributed by atoms with Crippen LogP contribution in [0.1, 0.15) is 19.4 Å². The molecule has 0 aliphatic carbocycles. The molecule has 84 valence electrons. The Morgan fingerprint density at radius 2 is 2.07 bits per heavy atom. The second kappa shape index (κ2) is 4.53. The number of benzene rings is 1. The first-order chi connectivity index (χ1) is 6.96. The van der Waals surface area contributed by atoms with Gasteiger partial charge in [0.1, 0.15) is 0 Å². The molecular formula is C12H20N2O. The number of hydrogen-bond acceptors (Lipinski definition) is 3. The molecule has 0 bridgehead atoms. The fourth-order valence-electron chi connectivity index (χ4n) is 1.55. The molecule has 1 aromatic carbocycles. The first-order valence-electron chi connectivity index (χ1n) is 5.08. The predicted molar refractivity (Wildman–Crippen MR) is 65.2 cm³/mol. The number of hydrogen-bond donors (Lipinski definition) is 2. The highest BCUT2D eigenvalue weighted by Gasteiger charge is 2.18. The van der Waals surface area contributed by atoms with Gasteiger partial charge in [-0.05, 0) is 32.4 Å². The number of para-hydroxylation sites is 1. The lowest BCUT2D eigenvalue weighted by atomic mass is 10.1. The van der Waals surface area contributed by atoms with E-state index in [4.69, 9.17) is 10.5 Å². The molecule has 3 heteroatoms. The van der Waals surface area contributed by atoms with E-state index in [0.717, 1.165) is 16.9 Å². The fraction of sp³-hybridized carbons (Fsp3) is 0.500. The molecular weight excluding hydrogens is 188 g/mol. The lowest BCUT2D eigenvalue weighted by molar-refractivity contribution is 0.158. The molecule has 0 atom stereocenters. The molecule has 0 heterocycles. The smallest absolute Gasteiger partial charge is 0.0687 e. The molecule has 0 unspecified atom stereocenters. The van der Waals surface area contributed by atoms with E-state index in [-0.39, 0.29) is 5.54 Å². The Hall–Kier alpha value is -1.22. The van der Waals surface area contributed by atoms with E-state index in [9.17, 15) is 0 Å². The summed E-state index contributed by atoms with van der Waals surface area (Å²) in [6.07, 6.45) is 0. The third-order valence-corrected chi connectivity index (χ3v) is 2.30. The maximum atomic E-state index is 5.98. The summed E-state index contributed by atoms with van der Waals surface area (Å²) in [6, 6.07) is 5.99. The van der Waals surface area contributed by atoms with Crippen molar-refractivity contribution < 1.29 is 4.74 Å². The second-order valence-corrected chi connectivity index (χ2v) is 4.48. The topological polar surface area (TPSA) is 47.3 Å². The van der Waals surface area contributed by atoms with E-state index in [1.807, 2.05) is 25.1 Å². The molecule has 0 radical (unpaired) electrons. The van der Waals surface area contributed by atoms with Crippen molar-refractivity contribution in [1.29, 1.82) is 0 Å². The number of nitrogens with two attached hydrogens (primary N) is 1. The van der Waals surface area contributed by atoms with Crippen LogP contribution in [-0.4, -0.2) is 19.3 Å². The third kappa shape index (κ3) is 3.13. The van der Waals surface area contributed by atoms with Gasteiger partial charge in [0.25, 0.3) is 0 Å². The minimum absolute atomic E-state index is 0.114. The SMILES string of the molecule is COCC(C)(C)Nc1cccc(C)c1N. The van der Waals surface area contributed by atoms with Crippen LogP contribution < -0.4 is 11.1 Å². The minimum atomic E-state index is -0.114. The molecule has 0 saturated heterocycles. The average molecular weight is 208 g/mol. The Bertz CT molecular complexity index is 334. The molecule has 3 N–H and O–H groups in total.